The molecule has 4 aliphatic rings. The number of nitrogens with one attached hydrogen (secondary N) is 1. The Labute approximate surface area is 171 Å². The maximum absolute atomic E-state index is 13.4. The van der Waals surface area contributed by atoms with Gasteiger partial charge in [-0.05, 0) is 41.0 Å². The molecule has 4 heteroatoms. The van der Waals surface area contributed by atoms with Gasteiger partial charge in [0, 0.05) is 18.4 Å². The van der Waals surface area contributed by atoms with Crippen LogP contribution in [0.15, 0.2) is 48.5 Å². The number of carbonyl (C=O) groups excluding carboxylic acids is 1. The first-order valence-electron chi connectivity index (χ1n) is 10.8. The number of benzene rings is 2. The lowest BCUT2D eigenvalue weighted by molar-refractivity contribution is -0.149. The second kappa shape index (κ2) is 7.33. The molecule has 0 unspecified atom stereocenters. The first-order chi connectivity index (χ1) is 14.2. The van der Waals surface area contributed by atoms with Crippen LogP contribution in [0.1, 0.15) is 66.2 Å². The summed E-state index contributed by atoms with van der Waals surface area (Å²) in [6.45, 7) is 0.669. The van der Waals surface area contributed by atoms with E-state index in [1.807, 2.05) is 36.4 Å². The predicted octanol–water partition coefficient (Wildman–Crippen LogP) is 4.29. The average molecular weight is 389 g/mol. The van der Waals surface area contributed by atoms with E-state index in [0.717, 1.165) is 35.1 Å². The standard InChI is InChI=1S/C25H27NO3/c27-24(26-14-15-8-2-1-3-9-15)22-20-16-10-4-6-12-18(16)21(23(22)25(28)29)19-13-7-5-11-17(19)20/h4-7,10-13,15,20-23H,1-3,8-9,14H2,(H,26,27)(H,28,29)/t20?,21?,22-,23+/m0/s1. The van der Waals surface area contributed by atoms with Gasteiger partial charge in [-0.2, -0.15) is 0 Å². The lowest BCUT2D eigenvalue weighted by Gasteiger charge is -2.48. The predicted molar refractivity (Wildman–Crippen MR) is 111 cm³/mol. The third kappa shape index (κ3) is 2.97. The van der Waals surface area contributed by atoms with Crippen molar-refractivity contribution in [3.05, 3.63) is 70.8 Å². The van der Waals surface area contributed by atoms with Crippen molar-refractivity contribution in [2.24, 2.45) is 17.8 Å². The summed E-state index contributed by atoms with van der Waals surface area (Å²) in [6.07, 6.45) is 6.06. The molecular formula is C25H27NO3. The van der Waals surface area contributed by atoms with Crippen LogP contribution in [-0.2, 0) is 9.59 Å². The zero-order valence-electron chi connectivity index (χ0n) is 16.5. The number of hydrogen-bond donors (Lipinski definition) is 2. The zero-order valence-corrected chi connectivity index (χ0v) is 16.5. The van der Waals surface area contributed by atoms with Gasteiger partial charge in [0.15, 0.2) is 0 Å². The van der Waals surface area contributed by atoms with E-state index in [0.29, 0.717) is 12.5 Å². The molecule has 2 bridgehead atoms. The second-order valence-electron chi connectivity index (χ2n) is 8.85. The highest BCUT2D eigenvalue weighted by Gasteiger charge is 2.55. The largest absolute Gasteiger partial charge is 0.481 e. The molecule has 2 aromatic rings. The van der Waals surface area contributed by atoms with E-state index in [9.17, 15) is 14.7 Å². The van der Waals surface area contributed by atoms with Crippen molar-refractivity contribution in [3.8, 4) is 0 Å². The number of carbonyl (C=O) groups is 2. The van der Waals surface area contributed by atoms with Crippen molar-refractivity contribution in [2.75, 3.05) is 6.54 Å². The summed E-state index contributed by atoms with van der Waals surface area (Å²) in [6, 6.07) is 16.1. The Morgan fingerprint density at radius 2 is 1.28 bits per heavy atom. The summed E-state index contributed by atoms with van der Waals surface area (Å²) < 4.78 is 0. The number of carboxylic acid groups (broad SMARTS) is 1. The van der Waals surface area contributed by atoms with E-state index in [1.165, 1.54) is 19.3 Å². The molecule has 1 saturated carbocycles. The fraction of sp³-hybridized carbons (Fsp3) is 0.440. The Morgan fingerprint density at radius 3 is 1.76 bits per heavy atom. The normalized spacial score (nSPS) is 27.7. The minimum absolute atomic E-state index is 0.0954. The summed E-state index contributed by atoms with van der Waals surface area (Å²) in [4.78, 5) is 25.8. The summed E-state index contributed by atoms with van der Waals surface area (Å²) in [5.74, 6) is -2.20. The van der Waals surface area contributed by atoms with E-state index < -0.39 is 17.8 Å². The third-order valence-corrected chi connectivity index (χ3v) is 7.32. The van der Waals surface area contributed by atoms with Crippen LogP contribution < -0.4 is 5.32 Å². The topological polar surface area (TPSA) is 66.4 Å². The van der Waals surface area contributed by atoms with Gasteiger partial charge in [-0.3, -0.25) is 9.59 Å². The lowest BCUT2D eigenvalue weighted by atomic mass is 9.54. The van der Waals surface area contributed by atoms with Crippen LogP contribution in [0.4, 0.5) is 0 Å². The van der Waals surface area contributed by atoms with Crippen molar-refractivity contribution in [2.45, 2.75) is 43.9 Å². The van der Waals surface area contributed by atoms with E-state index in [-0.39, 0.29) is 17.7 Å². The number of amides is 1. The molecule has 2 atom stereocenters. The van der Waals surface area contributed by atoms with Gasteiger partial charge in [-0.25, -0.2) is 0 Å². The van der Waals surface area contributed by atoms with Crippen molar-refractivity contribution in [3.63, 3.8) is 0 Å². The molecule has 6 rings (SSSR count). The molecule has 4 aliphatic carbocycles. The quantitative estimate of drug-likeness (QED) is 0.820. The molecule has 0 saturated heterocycles. The zero-order chi connectivity index (χ0) is 20.0. The molecular weight excluding hydrogens is 362 g/mol. The minimum atomic E-state index is -0.873. The fourth-order valence-electron chi connectivity index (χ4n) is 6.04. The van der Waals surface area contributed by atoms with Crippen LogP contribution >= 0.6 is 0 Å². The van der Waals surface area contributed by atoms with Gasteiger partial charge in [-0.1, -0.05) is 67.8 Å². The van der Waals surface area contributed by atoms with Gasteiger partial charge >= 0.3 is 5.97 Å². The molecule has 150 valence electrons. The second-order valence-corrected chi connectivity index (χ2v) is 8.85. The van der Waals surface area contributed by atoms with Gasteiger partial charge in [-0.15, -0.1) is 0 Å². The SMILES string of the molecule is O=C(O)[C@@H]1C2c3ccccc3C(c3ccccc32)[C@@H]1C(=O)NCC1CCCCC1. The number of aliphatic carboxylic acids is 1. The molecule has 0 spiro atoms. The Kier molecular flexibility index (Phi) is 4.65. The molecule has 1 fully saturated rings. The van der Waals surface area contributed by atoms with Crippen molar-refractivity contribution in [1.82, 2.24) is 5.32 Å². The molecule has 0 aliphatic heterocycles. The van der Waals surface area contributed by atoms with E-state index in [2.05, 4.69) is 17.4 Å². The Hall–Kier alpha value is -2.62. The van der Waals surface area contributed by atoms with Gasteiger partial charge in [0.1, 0.15) is 0 Å². The summed E-state index contributed by atoms with van der Waals surface area (Å²) in [5, 5.41) is 13.3. The molecule has 1 amide bonds. The van der Waals surface area contributed by atoms with Crippen LogP contribution in [0.25, 0.3) is 0 Å². The van der Waals surface area contributed by atoms with Crippen molar-refractivity contribution in [1.29, 1.82) is 0 Å². The van der Waals surface area contributed by atoms with Crippen LogP contribution in [0.5, 0.6) is 0 Å². The maximum atomic E-state index is 13.4. The maximum Gasteiger partial charge on any atom is 0.308 e. The monoisotopic (exact) mass is 389 g/mol. The first kappa shape index (κ1) is 18.4. The van der Waals surface area contributed by atoms with Gasteiger partial charge in [0.2, 0.25) is 5.91 Å². The van der Waals surface area contributed by atoms with Crippen molar-refractivity contribution < 1.29 is 14.7 Å². The Morgan fingerprint density at radius 1 is 0.793 bits per heavy atom. The molecule has 0 aromatic heterocycles. The van der Waals surface area contributed by atoms with Gasteiger partial charge in [0.25, 0.3) is 0 Å². The highest BCUT2D eigenvalue weighted by molar-refractivity contribution is 5.89. The summed E-state index contributed by atoms with van der Waals surface area (Å²) in [5.41, 5.74) is 4.37. The fourth-order valence-corrected chi connectivity index (χ4v) is 6.04. The van der Waals surface area contributed by atoms with Gasteiger partial charge in [0.05, 0.1) is 11.8 Å². The van der Waals surface area contributed by atoms with E-state index in [1.54, 1.807) is 0 Å². The average Bonchev–Trinajstić information content (AvgIpc) is 2.77. The van der Waals surface area contributed by atoms with E-state index in [4.69, 9.17) is 0 Å². The molecule has 29 heavy (non-hydrogen) atoms. The molecule has 0 radical (unpaired) electrons. The highest BCUT2D eigenvalue weighted by atomic mass is 16.4. The van der Waals surface area contributed by atoms with Crippen molar-refractivity contribution >= 4 is 11.9 Å². The minimum Gasteiger partial charge on any atom is -0.481 e. The molecule has 2 N–H and O–H groups in total. The number of rotatable bonds is 4. The number of fused-ring (bicyclic) bond motifs is 1. The Bertz CT molecular complexity index is 899. The van der Waals surface area contributed by atoms with Gasteiger partial charge < -0.3 is 10.4 Å². The third-order valence-electron chi connectivity index (χ3n) is 7.32. The summed E-state index contributed by atoms with van der Waals surface area (Å²) in [7, 11) is 0. The first-order valence-corrected chi connectivity index (χ1v) is 10.8. The molecule has 0 heterocycles. The Balaban J connectivity index is 1.53. The van der Waals surface area contributed by atoms with Crippen LogP contribution in [0.2, 0.25) is 0 Å². The molecule has 4 nitrogen and oxygen atoms in total. The number of hydrogen-bond acceptors (Lipinski definition) is 2. The smallest absolute Gasteiger partial charge is 0.308 e. The summed E-state index contributed by atoms with van der Waals surface area (Å²) >= 11 is 0. The molecule has 2 aromatic carbocycles. The van der Waals surface area contributed by atoms with E-state index >= 15 is 0 Å². The van der Waals surface area contributed by atoms with Crippen LogP contribution in [-0.4, -0.2) is 23.5 Å². The number of carboxylic acids is 1. The highest BCUT2D eigenvalue weighted by Crippen LogP contribution is 2.58. The van der Waals surface area contributed by atoms with Crippen LogP contribution in [0.3, 0.4) is 0 Å². The lowest BCUT2D eigenvalue weighted by Crippen LogP contribution is -2.50. The van der Waals surface area contributed by atoms with Crippen LogP contribution in [0, 0.1) is 17.8 Å².